The van der Waals surface area contributed by atoms with Gasteiger partial charge in [-0.1, -0.05) is 30.3 Å². The second-order valence-corrected chi connectivity index (χ2v) is 7.26. The molecule has 180 valence electrons. The largest absolute Gasteiger partial charge is 0.481 e. The van der Waals surface area contributed by atoms with E-state index < -0.39 is 72.6 Å². The van der Waals surface area contributed by atoms with Crippen molar-refractivity contribution in [3.05, 3.63) is 35.9 Å². The molecule has 0 aliphatic heterocycles. The van der Waals surface area contributed by atoms with Crippen LogP contribution in [0, 0.1) is 0 Å². The summed E-state index contributed by atoms with van der Waals surface area (Å²) in [4.78, 5) is 70.8. The average Bonchev–Trinajstić information content (AvgIpc) is 2.72. The van der Waals surface area contributed by atoms with Crippen LogP contribution < -0.4 is 27.4 Å². The van der Waals surface area contributed by atoms with Crippen molar-refractivity contribution in [1.29, 1.82) is 0 Å². The lowest BCUT2D eigenvalue weighted by atomic mass is 10.0. The van der Waals surface area contributed by atoms with Crippen molar-refractivity contribution in [2.45, 2.75) is 50.4 Å². The van der Waals surface area contributed by atoms with Crippen molar-refractivity contribution >= 4 is 35.6 Å². The van der Waals surface area contributed by atoms with Crippen LogP contribution in [0.3, 0.4) is 0 Å². The normalized spacial score (nSPS) is 14.1. The number of hydrogen-bond acceptors (Lipinski definition) is 7. The number of carboxylic acids is 2. The van der Waals surface area contributed by atoms with E-state index in [0.717, 1.165) is 12.5 Å². The lowest BCUT2D eigenvalue weighted by Gasteiger charge is -2.23. The van der Waals surface area contributed by atoms with Gasteiger partial charge in [0.05, 0.1) is 18.9 Å². The number of carbonyl (C=O) groups is 6. The highest BCUT2D eigenvalue weighted by molar-refractivity contribution is 5.97. The number of aliphatic carboxylic acids is 2. The van der Waals surface area contributed by atoms with Gasteiger partial charge < -0.3 is 37.6 Å². The number of amides is 4. The van der Waals surface area contributed by atoms with Gasteiger partial charge in [-0.2, -0.15) is 0 Å². The van der Waals surface area contributed by atoms with Crippen LogP contribution in [0.15, 0.2) is 30.3 Å². The van der Waals surface area contributed by atoms with Crippen LogP contribution in [0.25, 0.3) is 0 Å². The maximum Gasteiger partial charge on any atom is 0.325 e. The third kappa shape index (κ3) is 9.78. The Kier molecular flexibility index (Phi) is 10.5. The van der Waals surface area contributed by atoms with Crippen molar-refractivity contribution in [2.24, 2.45) is 11.5 Å². The van der Waals surface area contributed by atoms with Gasteiger partial charge in [-0.3, -0.25) is 28.8 Å². The summed E-state index contributed by atoms with van der Waals surface area (Å²) >= 11 is 0. The van der Waals surface area contributed by atoms with E-state index in [2.05, 4.69) is 16.0 Å². The van der Waals surface area contributed by atoms with Crippen LogP contribution >= 0.6 is 0 Å². The predicted molar refractivity (Wildman–Crippen MR) is 113 cm³/mol. The molecule has 13 nitrogen and oxygen atoms in total. The molecule has 1 aromatic rings. The highest BCUT2D eigenvalue weighted by Gasteiger charge is 2.31. The summed E-state index contributed by atoms with van der Waals surface area (Å²) in [5.41, 5.74) is 11.7. The van der Waals surface area contributed by atoms with E-state index in [-0.39, 0.29) is 6.42 Å². The highest BCUT2D eigenvalue weighted by atomic mass is 16.4. The van der Waals surface area contributed by atoms with Gasteiger partial charge in [0, 0.05) is 0 Å². The summed E-state index contributed by atoms with van der Waals surface area (Å²) in [6, 6.07) is 3.08. The Hall–Kier alpha value is -4.00. The molecule has 4 atom stereocenters. The Labute approximate surface area is 188 Å². The first-order chi connectivity index (χ1) is 15.4. The van der Waals surface area contributed by atoms with Crippen molar-refractivity contribution in [3.8, 4) is 0 Å². The topological polar surface area (TPSA) is 231 Å². The number of rotatable bonds is 13. The van der Waals surface area contributed by atoms with Crippen LogP contribution in [-0.4, -0.2) is 69.9 Å². The van der Waals surface area contributed by atoms with Gasteiger partial charge in [0.1, 0.15) is 18.1 Å². The standard InChI is InChI=1S/C20H27N5O8/c1-10(20(32)33)23-18(30)13(8-15(22)26)25-19(31)14(9-16(27)28)24-17(29)12(21)7-11-5-3-2-4-6-11/h2-6,10,12-14H,7-9,21H2,1H3,(H2,22,26)(H,23,30)(H,24,29)(H,25,31)(H,27,28)(H,32,33). The third-order valence-corrected chi connectivity index (χ3v) is 4.41. The molecule has 33 heavy (non-hydrogen) atoms. The Morgan fingerprint density at radius 2 is 1.36 bits per heavy atom. The quantitative estimate of drug-likeness (QED) is 0.162. The van der Waals surface area contributed by atoms with E-state index in [1.54, 1.807) is 30.3 Å². The number of nitrogens with two attached hydrogens (primary N) is 2. The lowest BCUT2D eigenvalue weighted by molar-refractivity contribution is -0.143. The highest BCUT2D eigenvalue weighted by Crippen LogP contribution is 2.04. The molecule has 9 N–H and O–H groups in total. The average molecular weight is 465 g/mol. The molecular formula is C20H27N5O8. The molecular weight excluding hydrogens is 438 g/mol. The Bertz CT molecular complexity index is 892. The molecule has 4 amide bonds. The van der Waals surface area contributed by atoms with Gasteiger partial charge in [0.25, 0.3) is 0 Å². The Balaban J connectivity index is 2.92. The summed E-state index contributed by atoms with van der Waals surface area (Å²) < 4.78 is 0. The van der Waals surface area contributed by atoms with E-state index in [1.165, 1.54) is 0 Å². The van der Waals surface area contributed by atoms with E-state index in [9.17, 15) is 28.8 Å². The second kappa shape index (κ2) is 12.8. The van der Waals surface area contributed by atoms with E-state index in [4.69, 9.17) is 21.7 Å². The second-order valence-electron chi connectivity index (χ2n) is 7.26. The fourth-order valence-corrected chi connectivity index (χ4v) is 2.68. The summed E-state index contributed by atoms with van der Waals surface area (Å²) in [5.74, 6) is -6.71. The van der Waals surface area contributed by atoms with Crippen LogP contribution in [0.4, 0.5) is 0 Å². The summed E-state index contributed by atoms with van der Waals surface area (Å²) in [6.45, 7) is 1.16. The van der Waals surface area contributed by atoms with Crippen LogP contribution in [-0.2, 0) is 35.2 Å². The molecule has 0 saturated heterocycles. The molecule has 4 unspecified atom stereocenters. The molecule has 0 radical (unpaired) electrons. The number of carbonyl (C=O) groups excluding carboxylic acids is 4. The fraction of sp³-hybridized carbons (Fsp3) is 0.400. The minimum atomic E-state index is -1.63. The lowest BCUT2D eigenvalue weighted by Crippen LogP contribution is -2.58. The molecule has 0 spiro atoms. The predicted octanol–water partition coefficient (Wildman–Crippen LogP) is -2.53. The van der Waals surface area contributed by atoms with Gasteiger partial charge in [0.2, 0.25) is 23.6 Å². The molecule has 0 fully saturated rings. The van der Waals surface area contributed by atoms with E-state index in [1.807, 2.05) is 0 Å². The zero-order chi connectivity index (χ0) is 25.1. The van der Waals surface area contributed by atoms with Crippen LogP contribution in [0.2, 0.25) is 0 Å². The van der Waals surface area contributed by atoms with Gasteiger partial charge in [-0.15, -0.1) is 0 Å². The van der Waals surface area contributed by atoms with E-state index >= 15 is 0 Å². The molecule has 0 aromatic heterocycles. The maximum atomic E-state index is 12.6. The zero-order valence-corrected chi connectivity index (χ0v) is 17.8. The fourth-order valence-electron chi connectivity index (χ4n) is 2.68. The number of primary amides is 1. The third-order valence-electron chi connectivity index (χ3n) is 4.41. The summed E-state index contributed by atoms with van der Waals surface area (Å²) in [6.07, 6.45) is -1.41. The molecule has 0 aliphatic rings. The summed E-state index contributed by atoms with van der Waals surface area (Å²) in [5, 5.41) is 24.4. The van der Waals surface area contributed by atoms with Crippen molar-refractivity contribution in [3.63, 3.8) is 0 Å². The molecule has 0 aliphatic carbocycles. The molecule has 13 heteroatoms. The van der Waals surface area contributed by atoms with Gasteiger partial charge in [-0.05, 0) is 18.9 Å². The molecule has 0 saturated carbocycles. The first kappa shape index (κ1) is 27.0. The monoisotopic (exact) mass is 465 g/mol. The zero-order valence-electron chi connectivity index (χ0n) is 17.8. The molecule has 0 heterocycles. The first-order valence-electron chi connectivity index (χ1n) is 9.84. The van der Waals surface area contributed by atoms with Gasteiger partial charge in [-0.25, -0.2) is 0 Å². The Morgan fingerprint density at radius 3 is 1.88 bits per heavy atom. The smallest absolute Gasteiger partial charge is 0.325 e. The minimum absolute atomic E-state index is 0.119. The maximum absolute atomic E-state index is 12.6. The van der Waals surface area contributed by atoms with Crippen molar-refractivity contribution in [2.75, 3.05) is 0 Å². The van der Waals surface area contributed by atoms with Crippen LogP contribution in [0.1, 0.15) is 25.3 Å². The van der Waals surface area contributed by atoms with Crippen molar-refractivity contribution < 1.29 is 39.0 Å². The van der Waals surface area contributed by atoms with E-state index in [0.29, 0.717) is 0 Å². The van der Waals surface area contributed by atoms with Gasteiger partial charge >= 0.3 is 11.9 Å². The number of nitrogens with one attached hydrogen (secondary N) is 3. The molecule has 0 bridgehead atoms. The first-order valence-corrected chi connectivity index (χ1v) is 9.84. The van der Waals surface area contributed by atoms with Gasteiger partial charge in [0.15, 0.2) is 0 Å². The number of benzene rings is 1. The minimum Gasteiger partial charge on any atom is -0.481 e. The summed E-state index contributed by atoms with van der Waals surface area (Å²) in [7, 11) is 0. The van der Waals surface area contributed by atoms with Crippen LogP contribution in [0.5, 0.6) is 0 Å². The van der Waals surface area contributed by atoms with Crippen molar-refractivity contribution in [1.82, 2.24) is 16.0 Å². The molecule has 1 rings (SSSR count). The molecule has 1 aromatic carbocycles. The number of hydrogen-bond donors (Lipinski definition) is 7. The SMILES string of the molecule is CC(NC(=O)C(CC(N)=O)NC(=O)C(CC(=O)O)NC(=O)C(N)Cc1ccccc1)C(=O)O. The Morgan fingerprint density at radius 1 is 0.848 bits per heavy atom. The number of carboxylic acid groups (broad SMARTS) is 2.